The fraction of sp³-hybridized carbons (Fsp3) is 0.500. The van der Waals surface area contributed by atoms with Crippen LogP contribution >= 0.6 is 0 Å². The van der Waals surface area contributed by atoms with E-state index in [1.165, 1.54) is 0 Å². The Morgan fingerprint density at radius 1 is 1.46 bits per heavy atom. The smallest absolute Gasteiger partial charge is 0.0431 e. The van der Waals surface area contributed by atoms with Gasteiger partial charge in [0.15, 0.2) is 0 Å². The van der Waals surface area contributed by atoms with Gasteiger partial charge in [-0.1, -0.05) is 6.07 Å². The summed E-state index contributed by atoms with van der Waals surface area (Å²) < 4.78 is 0. The predicted octanol–water partition coefficient (Wildman–Crippen LogP) is 0.724. The van der Waals surface area contributed by atoms with Gasteiger partial charge in [-0.15, -0.1) is 0 Å². The minimum absolute atomic E-state index is 0.113. The van der Waals surface area contributed by atoms with Crippen molar-refractivity contribution >= 4 is 0 Å². The number of nitrogens with zero attached hydrogens (tertiary/aromatic N) is 1. The molecule has 1 heterocycles. The molecule has 1 aromatic rings. The SMILES string of the molecule is N[C@@H](CCCO)Cc1ccccn1. The van der Waals surface area contributed by atoms with Crippen molar-refractivity contribution in [3.63, 3.8) is 0 Å². The Balaban J connectivity index is 2.32. The second-order valence-electron chi connectivity index (χ2n) is 3.15. The highest BCUT2D eigenvalue weighted by Crippen LogP contribution is 2.02. The van der Waals surface area contributed by atoms with E-state index in [2.05, 4.69) is 4.98 Å². The topological polar surface area (TPSA) is 59.1 Å². The summed E-state index contributed by atoms with van der Waals surface area (Å²) in [5.74, 6) is 0. The number of rotatable bonds is 5. The van der Waals surface area contributed by atoms with Gasteiger partial charge in [0.05, 0.1) is 0 Å². The number of aliphatic hydroxyl groups excluding tert-OH is 1. The van der Waals surface area contributed by atoms with Crippen molar-refractivity contribution in [3.05, 3.63) is 30.1 Å². The zero-order chi connectivity index (χ0) is 9.52. The zero-order valence-electron chi connectivity index (χ0n) is 7.69. The molecule has 1 rings (SSSR count). The lowest BCUT2D eigenvalue weighted by atomic mass is 10.1. The lowest BCUT2D eigenvalue weighted by Gasteiger charge is -2.09. The normalized spacial score (nSPS) is 12.8. The maximum absolute atomic E-state index is 8.61. The minimum atomic E-state index is 0.113. The molecule has 0 aliphatic rings. The van der Waals surface area contributed by atoms with E-state index in [1.54, 1.807) is 6.20 Å². The van der Waals surface area contributed by atoms with E-state index in [4.69, 9.17) is 10.8 Å². The zero-order valence-corrected chi connectivity index (χ0v) is 7.69. The van der Waals surface area contributed by atoms with Gasteiger partial charge in [0, 0.05) is 31.0 Å². The molecule has 0 saturated heterocycles. The van der Waals surface area contributed by atoms with E-state index in [9.17, 15) is 0 Å². The molecule has 0 saturated carbocycles. The van der Waals surface area contributed by atoms with Gasteiger partial charge in [-0.3, -0.25) is 4.98 Å². The van der Waals surface area contributed by atoms with Crippen molar-refractivity contribution in [2.45, 2.75) is 25.3 Å². The van der Waals surface area contributed by atoms with Gasteiger partial charge < -0.3 is 10.8 Å². The average molecular weight is 180 g/mol. The molecular weight excluding hydrogens is 164 g/mol. The number of nitrogens with two attached hydrogens (primary N) is 1. The van der Waals surface area contributed by atoms with Crippen LogP contribution in [0.3, 0.4) is 0 Å². The van der Waals surface area contributed by atoms with E-state index in [1.807, 2.05) is 18.2 Å². The Kier molecular flexibility index (Phi) is 4.43. The van der Waals surface area contributed by atoms with Crippen LogP contribution in [0.5, 0.6) is 0 Å². The second-order valence-corrected chi connectivity index (χ2v) is 3.15. The molecule has 3 nitrogen and oxygen atoms in total. The van der Waals surface area contributed by atoms with Crippen molar-refractivity contribution < 1.29 is 5.11 Å². The lowest BCUT2D eigenvalue weighted by molar-refractivity contribution is 0.279. The first-order chi connectivity index (χ1) is 6.33. The van der Waals surface area contributed by atoms with Gasteiger partial charge in [-0.2, -0.15) is 0 Å². The van der Waals surface area contributed by atoms with Crippen LogP contribution in [0.4, 0.5) is 0 Å². The van der Waals surface area contributed by atoms with Gasteiger partial charge in [-0.25, -0.2) is 0 Å². The summed E-state index contributed by atoms with van der Waals surface area (Å²) in [6, 6.07) is 5.94. The number of pyridine rings is 1. The highest BCUT2D eigenvalue weighted by atomic mass is 16.2. The lowest BCUT2D eigenvalue weighted by Crippen LogP contribution is -2.23. The van der Waals surface area contributed by atoms with Crippen LogP contribution in [0.1, 0.15) is 18.5 Å². The molecule has 0 amide bonds. The molecule has 1 aromatic heterocycles. The summed E-state index contributed by atoms with van der Waals surface area (Å²) in [4.78, 5) is 4.18. The molecule has 0 fully saturated rings. The number of hydrogen-bond donors (Lipinski definition) is 2. The first-order valence-electron chi connectivity index (χ1n) is 4.59. The van der Waals surface area contributed by atoms with Crippen molar-refractivity contribution in [3.8, 4) is 0 Å². The first kappa shape index (κ1) is 10.2. The van der Waals surface area contributed by atoms with Crippen molar-refractivity contribution in [1.82, 2.24) is 4.98 Å². The van der Waals surface area contributed by atoms with E-state index in [0.717, 1.165) is 25.0 Å². The highest BCUT2D eigenvalue weighted by molar-refractivity contribution is 5.04. The number of hydrogen-bond acceptors (Lipinski definition) is 3. The van der Waals surface area contributed by atoms with Crippen LogP contribution in [0.25, 0.3) is 0 Å². The fourth-order valence-electron chi connectivity index (χ4n) is 1.24. The summed E-state index contributed by atoms with van der Waals surface area (Å²) in [7, 11) is 0. The molecule has 1 atom stereocenters. The summed E-state index contributed by atoms with van der Waals surface area (Å²) >= 11 is 0. The Morgan fingerprint density at radius 3 is 2.92 bits per heavy atom. The summed E-state index contributed by atoms with van der Waals surface area (Å²) in [6.07, 6.45) is 4.19. The number of aromatic nitrogens is 1. The fourth-order valence-corrected chi connectivity index (χ4v) is 1.24. The molecule has 72 valence electrons. The van der Waals surface area contributed by atoms with Crippen LogP contribution in [0.15, 0.2) is 24.4 Å². The van der Waals surface area contributed by atoms with Crippen molar-refractivity contribution in [2.75, 3.05) is 6.61 Å². The molecule has 13 heavy (non-hydrogen) atoms. The molecule has 0 aliphatic carbocycles. The standard InChI is InChI=1S/C10H16N2O/c11-9(4-3-7-13)8-10-5-1-2-6-12-10/h1-2,5-6,9,13H,3-4,7-8,11H2/t9-/m0/s1. The van der Waals surface area contributed by atoms with Crippen molar-refractivity contribution in [1.29, 1.82) is 0 Å². The van der Waals surface area contributed by atoms with E-state index < -0.39 is 0 Å². The second kappa shape index (κ2) is 5.67. The molecule has 0 radical (unpaired) electrons. The van der Waals surface area contributed by atoms with Crippen molar-refractivity contribution in [2.24, 2.45) is 5.73 Å². The maximum atomic E-state index is 8.61. The Morgan fingerprint density at radius 2 is 2.31 bits per heavy atom. The minimum Gasteiger partial charge on any atom is -0.396 e. The molecule has 0 bridgehead atoms. The van der Waals surface area contributed by atoms with E-state index in [-0.39, 0.29) is 12.6 Å². The molecule has 0 spiro atoms. The third-order valence-electron chi connectivity index (χ3n) is 1.93. The van der Waals surface area contributed by atoms with Crippen LogP contribution in [0, 0.1) is 0 Å². The first-order valence-corrected chi connectivity index (χ1v) is 4.59. The quantitative estimate of drug-likeness (QED) is 0.702. The Hall–Kier alpha value is -0.930. The predicted molar refractivity (Wildman–Crippen MR) is 52.2 cm³/mol. The van der Waals surface area contributed by atoms with Crippen LogP contribution < -0.4 is 5.73 Å². The summed E-state index contributed by atoms with van der Waals surface area (Å²) in [5.41, 5.74) is 6.86. The molecule has 0 unspecified atom stereocenters. The largest absolute Gasteiger partial charge is 0.396 e. The van der Waals surface area contributed by atoms with Crippen LogP contribution in [-0.4, -0.2) is 22.7 Å². The molecule has 0 aromatic carbocycles. The Labute approximate surface area is 78.6 Å². The van der Waals surface area contributed by atoms with Gasteiger partial charge in [-0.05, 0) is 25.0 Å². The van der Waals surface area contributed by atoms with Gasteiger partial charge >= 0.3 is 0 Å². The van der Waals surface area contributed by atoms with Gasteiger partial charge in [0.1, 0.15) is 0 Å². The number of aliphatic hydroxyl groups is 1. The van der Waals surface area contributed by atoms with Crippen LogP contribution in [0.2, 0.25) is 0 Å². The van der Waals surface area contributed by atoms with E-state index >= 15 is 0 Å². The summed E-state index contributed by atoms with van der Waals surface area (Å²) in [6.45, 7) is 0.218. The molecule has 0 aliphatic heterocycles. The maximum Gasteiger partial charge on any atom is 0.0431 e. The monoisotopic (exact) mass is 180 g/mol. The van der Waals surface area contributed by atoms with Gasteiger partial charge in [0.2, 0.25) is 0 Å². The van der Waals surface area contributed by atoms with E-state index in [0.29, 0.717) is 0 Å². The molecule has 3 N–H and O–H groups in total. The van der Waals surface area contributed by atoms with Gasteiger partial charge in [0.25, 0.3) is 0 Å². The summed E-state index contributed by atoms with van der Waals surface area (Å²) in [5, 5.41) is 8.61. The van der Waals surface area contributed by atoms with Crippen LogP contribution in [-0.2, 0) is 6.42 Å². The Bertz CT molecular complexity index is 226. The average Bonchev–Trinajstić information content (AvgIpc) is 2.16. The molecule has 3 heteroatoms. The highest BCUT2D eigenvalue weighted by Gasteiger charge is 2.03. The molecular formula is C10H16N2O. The third-order valence-corrected chi connectivity index (χ3v) is 1.93. The third kappa shape index (κ3) is 4.01.